The van der Waals surface area contributed by atoms with Crippen LogP contribution in [-0.2, 0) is 10.3 Å². The van der Waals surface area contributed by atoms with Gasteiger partial charge in [-0.05, 0) is 25.0 Å². The fourth-order valence-electron chi connectivity index (χ4n) is 2.30. The van der Waals surface area contributed by atoms with Gasteiger partial charge in [-0.2, -0.15) is 0 Å². The van der Waals surface area contributed by atoms with Gasteiger partial charge in [0.25, 0.3) is 0 Å². The van der Waals surface area contributed by atoms with Crippen molar-refractivity contribution in [1.82, 2.24) is 9.55 Å². The van der Waals surface area contributed by atoms with Crippen LogP contribution in [0.15, 0.2) is 30.6 Å². The molecule has 1 aromatic carbocycles. The van der Waals surface area contributed by atoms with Crippen LogP contribution in [0.1, 0.15) is 26.7 Å². The van der Waals surface area contributed by atoms with Crippen LogP contribution >= 0.6 is 0 Å². The SMILES string of the molecule is CCC(CC)(C(=O)O)n1cnc2ccccc21. The minimum absolute atomic E-state index is 0.541. The fourth-order valence-corrected chi connectivity index (χ4v) is 2.30. The van der Waals surface area contributed by atoms with Crippen LogP contribution in [0.25, 0.3) is 11.0 Å². The van der Waals surface area contributed by atoms with Gasteiger partial charge in [-0.3, -0.25) is 0 Å². The first-order valence-corrected chi connectivity index (χ1v) is 5.81. The maximum Gasteiger partial charge on any atom is 0.329 e. The lowest BCUT2D eigenvalue weighted by Gasteiger charge is -2.29. The Bertz CT molecular complexity index is 541. The van der Waals surface area contributed by atoms with Crippen molar-refractivity contribution in [1.29, 1.82) is 0 Å². The van der Waals surface area contributed by atoms with E-state index in [9.17, 15) is 9.90 Å². The molecule has 0 bridgehead atoms. The van der Waals surface area contributed by atoms with Gasteiger partial charge in [0.05, 0.1) is 17.4 Å². The average Bonchev–Trinajstić information content (AvgIpc) is 2.76. The molecule has 1 heterocycles. The Morgan fingerprint density at radius 2 is 2.00 bits per heavy atom. The number of benzene rings is 1. The van der Waals surface area contributed by atoms with E-state index in [4.69, 9.17) is 0 Å². The van der Waals surface area contributed by atoms with E-state index in [0.29, 0.717) is 12.8 Å². The summed E-state index contributed by atoms with van der Waals surface area (Å²) in [5.74, 6) is -0.800. The van der Waals surface area contributed by atoms with Crippen molar-refractivity contribution >= 4 is 17.0 Å². The van der Waals surface area contributed by atoms with Gasteiger partial charge in [0.1, 0.15) is 5.54 Å². The Labute approximate surface area is 99.9 Å². The zero-order valence-electron chi connectivity index (χ0n) is 10.1. The molecule has 0 saturated carbocycles. The van der Waals surface area contributed by atoms with Crippen molar-refractivity contribution in [2.24, 2.45) is 0 Å². The van der Waals surface area contributed by atoms with Crippen LogP contribution in [0.5, 0.6) is 0 Å². The number of nitrogens with zero attached hydrogens (tertiary/aromatic N) is 2. The number of fused-ring (bicyclic) bond motifs is 1. The third kappa shape index (κ3) is 1.60. The van der Waals surface area contributed by atoms with E-state index in [0.717, 1.165) is 11.0 Å². The molecule has 90 valence electrons. The van der Waals surface area contributed by atoms with Crippen molar-refractivity contribution in [3.05, 3.63) is 30.6 Å². The van der Waals surface area contributed by atoms with Gasteiger partial charge in [-0.25, -0.2) is 9.78 Å². The number of carboxylic acid groups (broad SMARTS) is 1. The molecule has 2 rings (SSSR count). The van der Waals surface area contributed by atoms with Gasteiger partial charge in [0.2, 0.25) is 0 Å². The van der Waals surface area contributed by atoms with Crippen LogP contribution in [0.3, 0.4) is 0 Å². The highest BCUT2D eigenvalue weighted by Crippen LogP contribution is 2.29. The number of rotatable bonds is 4. The maximum absolute atomic E-state index is 11.6. The molecule has 0 amide bonds. The topological polar surface area (TPSA) is 55.1 Å². The monoisotopic (exact) mass is 232 g/mol. The number of hydrogen-bond donors (Lipinski definition) is 1. The third-order valence-corrected chi connectivity index (χ3v) is 3.48. The molecular formula is C13H16N2O2. The smallest absolute Gasteiger partial charge is 0.329 e. The highest BCUT2D eigenvalue weighted by Gasteiger charge is 2.37. The average molecular weight is 232 g/mol. The molecule has 0 fully saturated rings. The van der Waals surface area contributed by atoms with Crippen molar-refractivity contribution < 1.29 is 9.90 Å². The fraction of sp³-hybridized carbons (Fsp3) is 0.385. The summed E-state index contributed by atoms with van der Waals surface area (Å²) in [6.07, 6.45) is 2.71. The number of aliphatic carboxylic acids is 1. The van der Waals surface area contributed by atoms with Gasteiger partial charge >= 0.3 is 5.97 Å². The predicted octanol–water partition coefficient (Wildman–Crippen LogP) is 2.64. The van der Waals surface area contributed by atoms with Crippen LogP contribution in [0.2, 0.25) is 0 Å². The van der Waals surface area contributed by atoms with Gasteiger partial charge in [-0.1, -0.05) is 26.0 Å². The Hall–Kier alpha value is -1.84. The molecule has 0 unspecified atom stereocenters. The van der Waals surface area contributed by atoms with Crippen molar-refractivity contribution in [3.8, 4) is 0 Å². The zero-order valence-corrected chi connectivity index (χ0v) is 10.1. The number of carboxylic acids is 1. The number of imidazole rings is 1. The molecule has 0 spiro atoms. The minimum Gasteiger partial charge on any atom is -0.479 e. The molecule has 0 aliphatic heterocycles. The van der Waals surface area contributed by atoms with E-state index in [1.165, 1.54) is 0 Å². The quantitative estimate of drug-likeness (QED) is 0.881. The molecule has 17 heavy (non-hydrogen) atoms. The Morgan fingerprint density at radius 1 is 1.35 bits per heavy atom. The second-order valence-corrected chi connectivity index (χ2v) is 4.15. The zero-order chi connectivity index (χ0) is 12.5. The molecule has 1 aromatic heterocycles. The summed E-state index contributed by atoms with van der Waals surface area (Å²) < 4.78 is 1.78. The van der Waals surface area contributed by atoms with Crippen LogP contribution in [0.4, 0.5) is 0 Å². The number of para-hydroxylation sites is 2. The lowest BCUT2D eigenvalue weighted by atomic mass is 9.92. The third-order valence-electron chi connectivity index (χ3n) is 3.48. The Balaban J connectivity index is 2.69. The number of hydrogen-bond acceptors (Lipinski definition) is 2. The first kappa shape index (κ1) is 11.6. The van der Waals surface area contributed by atoms with Crippen LogP contribution in [-0.4, -0.2) is 20.6 Å². The van der Waals surface area contributed by atoms with Crippen LogP contribution < -0.4 is 0 Å². The standard InChI is InChI=1S/C13H16N2O2/c1-3-13(4-2,12(16)17)15-9-14-10-7-5-6-8-11(10)15/h5-9H,3-4H2,1-2H3,(H,16,17). The van der Waals surface area contributed by atoms with Gasteiger partial charge in [-0.15, -0.1) is 0 Å². The van der Waals surface area contributed by atoms with E-state index >= 15 is 0 Å². The largest absolute Gasteiger partial charge is 0.479 e. The lowest BCUT2D eigenvalue weighted by Crippen LogP contribution is -2.40. The van der Waals surface area contributed by atoms with Gasteiger partial charge < -0.3 is 9.67 Å². The van der Waals surface area contributed by atoms with E-state index < -0.39 is 11.5 Å². The van der Waals surface area contributed by atoms with E-state index in [2.05, 4.69) is 4.98 Å². The number of aromatic nitrogens is 2. The Morgan fingerprint density at radius 3 is 2.59 bits per heavy atom. The van der Waals surface area contributed by atoms with Crippen LogP contribution in [0, 0.1) is 0 Å². The molecule has 0 radical (unpaired) electrons. The minimum atomic E-state index is -0.893. The molecule has 0 aliphatic rings. The molecule has 0 aliphatic carbocycles. The maximum atomic E-state index is 11.6. The van der Waals surface area contributed by atoms with Crippen molar-refractivity contribution in [3.63, 3.8) is 0 Å². The molecular weight excluding hydrogens is 216 g/mol. The summed E-state index contributed by atoms with van der Waals surface area (Å²) >= 11 is 0. The molecule has 4 nitrogen and oxygen atoms in total. The lowest BCUT2D eigenvalue weighted by molar-refractivity contribution is -0.147. The summed E-state index contributed by atoms with van der Waals surface area (Å²) in [4.78, 5) is 15.8. The summed E-state index contributed by atoms with van der Waals surface area (Å²) in [5, 5.41) is 9.51. The first-order valence-electron chi connectivity index (χ1n) is 5.81. The first-order chi connectivity index (χ1) is 8.15. The molecule has 0 saturated heterocycles. The van der Waals surface area contributed by atoms with Gasteiger partial charge in [0.15, 0.2) is 0 Å². The van der Waals surface area contributed by atoms with Crippen molar-refractivity contribution in [2.45, 2.75) is 32.2 Å². The highest BCUT2D eigenvalue weighted by molar-refractivity contribution is 5.82. The summed E-state index contributed by atoms with van der Waals surface area (Å²) in [6, 6.07) is 7.60. The molecule has 2 aromatic rings. The predicted molar refractivity (Wildman–Crippen MR) is 65.9 cm³/mol. The normalized spacial score (nSPS) is 11.9. The summed E-state index contributed by atoms with van der Waals surface area (Å²) in [6.45, 7) is 3.79. The second-order valence-electron chi connectivity index (χ2n) is 4.15. The van der Waals surface area contributed by atoms with E-state index in [-0.39, 0.29) is 0 Å². The summed E-state index contributed by atoms with van der Waals surface area (Å²) in [5.41, 5.74) is 0.814. The Kier molecular flexibility index (Phi) is 2.88. The van der Waals surface area contributed by atoms with E-state index in [1.54, 1.807) is 10.9 Å². The van der Waals surface area contributed by atoms with E-state index in [1.807, 2.05) is 38.1 Å². The molecule has 4 heteroatoms. The highest BCUT2D eigenvalue weighted by atomic mass is 16.4. The summed E-state index contributed by atoms with van der Waals surface area (Å²) in [7, 11) is 0. The molecule has 1 N–H and O–H groups in total. The van der Waals surface area contributed by atoms with Crippen molar-refractivity contribution in [2.75, 3.05) is 0 Å². The second kappa shape index (κ2) is 4.20. The number of carbonyl (C=O) groups is 1. The molecule has 0 atom stereocenters. The van der Waals surface area contributed by atoms with Gasteiger partial charge in [0, 0.05) is 0 Å².